The first-order valence-corrected chi connectivity index (χ1v) is 8.01. The fraction of sp³-hybridized carbons (Fsp3) is 0.167. The van der Waals surface area contributed by atoms with Crippen molar-refractivity contribution in [3.8, 4) is 0 Å². The highest BCUT2D eigenvalue weighted by Crippen LogP contribution is 2.28. The molecule has 1 unspecified atom stereocenters. The molecule has 0 radical (unpaired) electrons. The number of aromatic amines is 1. The molecule has 3 aromatic rings. The number of nitrogens with one attached hydrogen (secondary N) is 1. The number of rotatable bonds is 5. The van der Waals surface area contributed by atoms with Crippen LogP contribution in [0.4, 0.5) is 0 Å². The zero-order valence-corrected chi connectivity index (χ0v) is 13.7. The Morgan fingerprint density at radius 2 is 1.74 bits per heavy atom. The summed E-state index contributed by atoms with van der Waals surface area (Å²) in [5.41, 5.74) is 2.95. The number of hydrogen-bond donors (Lipinski definition) is 2. The summed E-state index contributed by atoms with van der Waals surface area (Å²) in [7, 11) is 0. The van der Waals surface area contributed by atoms with Gasteiger partial charge in [0.2, 0.25) is 0 Å². The molecule has 2 N–H and O–H groups in total. The van der Waals surface area contributed by atoms with Crippen LogP contribution in [-0.4, -0.2) is 16.1 Å². The van der Waals surface area contributed by atoms with Gasteiger partial charge in [-0.05, 0) is 54.3 Å². The quantitative estimate of drug-likeness (QED) is 0.659. The topological polar surface area (TPSA) is 53.1 Å². The van der Waals surface area contributed by atoms with E-state index in [4.69, 9.17) is 23.2 Å². The number of fused-ring (bicyclic) bond motifs is 1. The van der Waals surface area contributed by atoms with Gasteiger partial charge in [-0.15, -0.1) is 0 Å². The number of carboxylic acids is 1. The van der Waals surface area contributed by atoms with Gasteiger partial charge in [0, 0.05) is 26.6 Å². The summed E-state index contributed by atoms with van der Waals surface area (Å²) in [6.07, 6.45) is 0.679. The van der Waals surface area contributed by atoms with Crippen LogP contribution in [-0.2, 0) is 11.2 Å². The Hall–Kier alpha value is -1.97. The van der Waals surface area contributed by atoms with Gasteiger partial charge in [0.1, 0.15) is 0 Å². The lowest BCUT2D eigenvalue weighted by Crippen LogP contribution is -2.09. The highest BCUT2D eigenvalue weighted by molar-refractivity contribution is 6.31. The Morgan fingerprint density at radius 3 is 2.43 bits per heavy atom. The molecule has 1 atom stereocenters. The first-order chi connectivity index (χ1) is 11.0. The van der Waals surface area contributed by atoms with Crippen molar-refractivity contribution in [3.63, 3.8) is 0 Å². The van der Waals surface area contributed by atoms with E-state index in [0.29, 0.717) is 16.5 Å². The Balaban J connectivity index is 1.89. The van der Waals surface area contributed by atoms with Crippen LogP contribution >= 0.6 is 23.2 Å². The van der Waals surface area contributed by atoms with Crippen molar-refractivity contribution in [1.29, 1.82) is 0 Å². The van der Waals surface area contributed by atoms with E-state index in [9.17, 15) is 9.90 Å². The second kappa shape index (κ2) is 6.65. The number of carbonyl (C=O) groups is 1. The Bertz CT molecular complexity index is 840. The van der Waals surface area contributed by atoms with E-state index in [-0.39, 0.29) is 12.3 Å². The summed E-state index contributed by atoms with van der Waals surface area (Å²) in [6, 6.07) is 15.0. The van der Waals surface area contributed by atoms with Crippen LogP contribution in [0.1, 0.15) is 23.6 Å². The maximum atomic E-state index is 11.2. The van der Waals surface area contributed by atoms with E-state index in [1.165, 1.54) is 0 Å². The number of halogens is 2. The van der Waals surface area contributed by atoms with Gasteiger partial charge < -0.3 is 10.1 Å². The van der Waals surface area contributed by atoms with Crippen molar-refractivity contribution in [1.82, 2.24) is 4.98 Å². The van der Waals surface area contributed by atoms with Gasteiger partial charge >= 0.3 is 5.97 Å². The monoisotopic (exact) mass is 347 g/mol. The molecule has 0 aliphatic heterocycles. The second-order valence-electron chi connectivity index (χ2n) is 5.58. The Labute approximate surface area is 143 Å². The molecule has 0 aliphatic carbocycles. The predicted octanol–water partition coefficient (Wildman–Crippen LogP) is 5.28. The summed E-state index contributed by atoms with van der Waals surface area (Å²) < 4.78 is 0. The number of hydrogen-bond acceptors (Lipinski definition) is 1. The number of benzene rings is 2. The van der Waals surface area contributed by atoms with Crippen molar-refractivity contribution in [2.75, 3.05) is 0 Å². The molecule has 1 aromatic heterocycles. The molecule has 1 heterocycles. The number of carboxylic acid groups (broad SMARTS) is 1. The summed E-state index contributed by atoms with van der Waals surface area (Å²) in [4.78, 5) is 14.5. The van der Waals surface area contributed by atoms with Crippen molar-refractivity contribution >= 4 is 40.1 Å². The minimum Gasteiger partial charge on any atom is -0.481 e. The standard InChI is InChI=1S/C18H15Cl2NO2/c19-14-3-1-11(2-4-14)12(10-18(22)23)8-16-9-13-7-15(20)5-6-17(13)21-16/h1-7,9,12,21H,8,10H2,(H,22,23). The van der Waals surface area contributed by atoms with Crippen LogP contribution in [0.25, 0.3) is 10.9 Å². The molecule has 3 rings (SSSR count). The second-order valence-corrected chi connectivity index (χ2v) is 6.45. The molecule has 2 aromatic carbocycles. The third kappa shape index (κ3) is 3.87. The summed E-state index contributed by atoms with van der Waals surface area (Å²) in [5.74, 6) is -0.933. The van der Waals surface area contributed by atoms with Gasteiger partial charge in [-0.3, -0.25) is 4.79 Å². The van der Waals surface area contributed by atoms with Gasteiger partial charge in [0.05, 0.1) is 6.42 Å². The number of H-pyrrole nitrogens is 1. The summed E-state index contributed by atoms with van der Waals surface area (Å²) in [5, 5.41) is 11.6. The first-order valence-electron chi connectivity index (χ1n) is 7.25. The van der Waals surface area contributed by atoms with Crippen LogP contribution in [0, 0.1) is 0 Å². The zero-order valence-electron chi connectivity index (χ0n) is 12.2. The smallest absolute Gasteiger partial charge is 0.303 e. The van der Waals surface area contributed by atoms with Crippen molar-refractivity contribution < 1.29 is 9.90 Å². The molecule has 118 valence electrons. The van der Waals surface area contributed by atoms with E-state index >= 15 is 0 Å². The van der Waals surface area contributed by atoms with Crippen LogP contribution in [0.15, 0.2) is 48.5 Å². The molecule has 0 aliphatic rings. The minimum atomic E-state index is -0.816. The van der Waals surface area contributed by atoms with Crippen molar-refractivity contribution in [3.05, 3.63) is 69.8 Å². The zero-order chi connectivity index (χ0) is 16.4. The highest BCUT2D eigenvalue weighted by atomic mass is 35.5. The molecular weight excluding hydrogens is 333 g/mol. The van der Waals surface area contributed by atoms with Crippen LogP contribution in [0.2, 0.25) is 10.0 Å². The number of aliphatic carboxylic acids is 1. The molecule has 0 saturated carbocycles. The van der Waals surface area contributed by atoms with Crippen LogP contribution < -0.4 is 0 Å². The molecule has 0 saturated heterocycles. The van der Waals surface area contributed by atoms with E-state index < -0.39 is 5.97 Å². The van der Waals surface area contributed by atoms with Gasteiger partial charge in [0.25, 0.3) is 0 Å². The Kier molecular flexibility index (Phi) is 4.60. The highest BCUT2D eigenvalue weighted by Gasteiger charge is 2.17. The third-order valence-corrected chi connectivity index (χ3v) is 4.35. The average molecular weight is 348 g/mol. The average Bonchev–Trinajstić information content (AvgIpc) is 2.88. The largest absolute Gasteiger partial charge is 0.481 e. The summed E-state index contributed by atoms with van der Waals surface area (Å²) in [6.45, 7) is 0. The maximum Gasteiger partial charge on any atom is 0.303 e. The molecule has 0 amide bonds. The molecular formula is C18H15Cl2NO2. The van der Waals surface area contributed by atoms with Crippen LogP contribution in [0.3, 0.4) is 0 Å². The third-order valence-electron chi connectivity index (χ3n) is 3.87. The fourth-order valence-electron chi connectivity index (χ4n) is 2.79. The van der Waals surface area contributed by atoms with Gasteiger partial charge in [0.15, 0.2) is 0 Å². The normalized spacial score (nSPS) is 12.4. The van der Waals surface area contributed by atoms with E-state index in [0.717, 1.165) is 22.2 Å². The molecule has 0 spiro atoms. The van der Waals surface area contributed by atoms with Crippen LogP contribution in [0.5, 0.6) is 0 Å². The molecule has 0 bridgehead atoms. The van der Waals surface area contributed by atoms with Gasteiger partial charge in [-0.25, -0.2) is 0 Å². The fourth-order valence-corrected chi connectivity index (χ4v) is 3.10. The molecule has 5 heteroatoms. The lowest BCUT2D eigenvalue weighted by molar-refractivity contribution is -0.137. The van der Waals surface area contributed by atoms with Crippen molar-refractivity contribution in [2.45, 2.75) is 18.8 Å². The molecule has 23 heavy (non-hydrogen) atoms. The van der Waals surface area contributed by atoms with Gasteiger partial charge in [-0.1, -0.05) is 35.3 Å². The SMILES string of the molecule is O=C(O)CC(Cc1cc2cc(Cl)ccc2[nH]1)c1ccc(Cl)cc1. The predicted molar refractivity (Wildman–Crippen MR) is 93.5 cm³/mol. The molecule has 0 fully saturated rings. The first kappa shape index (κ1) is 15.9. The minimum absolute atomic E-state index is 0.0672. The van der Waals surface area contributed by atoms with Crippen molar-refractivity contribution in [2.24, 2.45) is 0 Å². The molecule has 3 nitrogen and oxygen atoms in total. The van der Waals surface area contributed by atoms with E-state index in [2.05, 4.69) is 4.98 Å². The van der Waals surface area contributed by atoms with E-state index in [1.807, 2.05) is 36.4 Å². The lowest BCUT2D eigenvalue weighted by Gasteiger charge is -2.14. The van der Waals surface area contributed by atoms with E-state index in [1.54, 1.807) is 12.1 Å². The van der Waals surface area contributed by atoms with Gasteiger partial charge in [-0.2, -0.15) is 0 Å². The maximum absolute atomic E-state index is 11.2. The summed E-state index contributed by atoms with van der Waals surface area (Å²) >= 11 is 11.9. The number of aromatic nitrogens is 1. The lowest BCUT2D eigenvalue weighted by atomic mass is 9.91. The Morgan fingerprint density at radius 1 is 1.04 bits per heavy atom.